The Balaban J connectivity index is 5.20. The highest BCUT2D eigenvalue weighted by molar-refractivity contribution is 7.47. The Morgan fingerprint density at radius 1 is 0.290 bits per heavy atom. The lowest BCUT2D eigenvalue weighted by atomic mass is 9.99. The molecule has 0 fully saturated rings. The highest BCUT2D eigenvalue weighted by Gasteiger charge is 2.30. The van der Waals surface area contributed by atoms with E-state index in [9.17, 15) is 43.2 Å². The molecular weight excluding hydrogens is 1310 g/mol. The molecule has 19 heteroatoms. The van der Waals surface area contributed by atoms with Crippen LogP contribution in [-0.4, -0.2) is 96.7 Å². The number of aliphatic hydroxyl groups is 1. The number of phosphoric acid groups is 2. The molecule has 7 atom stereocenters. The molecule has 0 aliphatic rings. The maximum atomic E-state index is 13.1. The SMILES string of the molecule is CCCCCCCCCCCCCCCCCCCC(=O)OC[C@H](COP(=O)(O)OC[C@@H](O)COP(=O)(O)OC[C@@H](COC(=O)CCCCCCCCC(C)C)OC(=O)CCCCCCCCCCC(C)CC)OC(=O)CCCCCCCCCCCCCCCCCCCCC(C)CC. The van der Waals surface area contributed by atoms with E-state index in [4.69, 9.17) is 37.0 Å². The van der Waals surface area contributed by atoms with Crippen LogP contribution in [0.25, 0.3) is 0 Å². The number of hydrogen-bond donors (Lipinski definition) is 3. The minimum atomic E-state index is -4.96. The van der Waals surface area contributed by atoms with Crippen molar-refractivity contribution >= 4 is 39.5 Å². The first-order chi connectivity index (χ1) is 48.3. The lowest BCUT2D eigenvalue weighted by Crippen LogP contribution is -2.30. The van der Waals surface area contributed by atoms with Crippen LogP contribution in [0.15, 0.2) is 0 Å². The summed E-state index contributed by atoms with van der Waals surface area (Å²) in [7, 11) is -9.92. The summed E-state index contributed by atoms with van der Waals surface area (Å²) in [4.78, 5) is 72.9. The molecule has 17 nitrogen and oxygen atoms in total. The molecule has 0 saturated carbocycles. The summed E-state index contributed by atoms with van der Waals surface area (Å²) < 4.78 is 68.6. The summed E-state index contributed by atoms with van der Waals surface area (Å²) in [6, 6.07) is 0. The number of aliphatic hydroxyl groups excluding tert-OH is 1. The normalized spacial score (nSPS) is 14.5. The summed E-state index contributed by atoms with van der Waals surface area (Å²) in [6.07, 6.45) is 59.9. The molecule has 0 radical (unpaired) electrons. The van der Waals surface area contributed by atoms with Crippen LogP contribution in [0, 0.1) is 17.8 Å². The van der Waals surface area contributed by atoms with Crippen LogP contribution < -0.4 is 0 Å². The van der Waals surface area contributed by atoms with Crippen LogP contribution in [0.2, 0.25) is 0 Å². The van der Waals surface area contributed by atoms with E-state index in [1.807, 2.05) is 0 Å². The molecule has 0 aliphatic heterocycles. The maximum Gasteiger partial charge on any atom is 0.472 e. The largest absolute Gasteiger partial charge is 0.472 e. The smallest absolute Gasteiger partial charge is 0.462 e. The van der Waals surface area contributed by atoms with Gasteiger partial charge in [-0.1, -0.05) is 370 Å². The Labute approximate surface area is 613 Å². The first kappa shape index (κ1) is 98.1. The molecule has 0 bridgehead atoms. The summed E-state index contributed by atoms with van der Waals surface area (Å²) in [5.41, 5.74) is 0. The van der Waals surface area contributed by atoms with Crippen LogP contribution in [0.1, 0.15) is 421 Å². The van der Waals surface area contributed by atoms with Gasteiger partial charge in [0.1, 0.15) is 19.3 Å². The van der Waals surface area contributed by atoms with Gasteiger partial charge in [0.15, 0.2) is 12.2 Å². The van der Waals surface area contributed by atoms with Crippen molar-refractivity contribution in [1.29, 1.82) is 0 Å². The van der Waals surface area contributed by atoms with Crippen molar-refractivity contribution in [3.8, 4) is 0 Å². The van der Waals surface area contributed by atoms with E-state index in [1.165, 1.54) is 225 Å². The van der Waals surface area contributed by atoms with Gasteiger partial charge in [-0.2, -0.15) is 0 Å². The van der Waals surface area contributed by atoms with Crippen LogP contribution in [0.3, 0.4) is 0 Å². The van der Waals surface area contributed by atoms with E-state index < -0.39 is 97.5 Å². The highest BCUT2D eigenvalue weighted by atomic mass is 31.2. The van der Waals surface area contributed by atoms with Crippen LogP contribution >= 0.6 is 15.6 Å². The van der Waals surface area contributed by atoms with Crippen molar-refractivity contribution in [1.82, 2.24) is 0 Å². The standard InChI is InChI=1S/C81H158O17P2/c1-8-11-12-13-14-15-16-17-18-21-25-28-31-34-40-48-55-62-78(83)91-68-76(97-80(85)64-57-50-41-35-32-29-26-23-20-19-22-24-27-30-33-38-46-53-60-73(6)9-2)70-95-99(87,88)93-66-75(82)67-94-100(89,90)96-71-77(69-92-79(84)63-56-49-44-43-45-52-59-72(4)5)98-81(86)65-58-51-42-37-36-39-47-54-61-74(7)10-3/h72-77,82H,8-71H2,1-7H3,(H,87,88)(H,89,90)/t73?,74?,75-,76-,77-/m1/s1. The van der Waals surface area contributed by atoms with Crippen LogP contribution in [0.5, 0.6) is 0 Å². The van der Waals surface area contributed by atoms with Gasteiger partial charge < -0.3 is 33.8 Å². The lowest BCUT2D eigenvalue weighted by molar-refractivity contribution is -0.161. The van der Waals surface area contributed by atoms with Gasteiger partial charge in [0, 0.05) is 25.7 Å². The molecule has 0 amide bonds. The van der Waals surface area contributed by atoms with E-state index >= 15 is 0 Å². The molecule has 0 saturated heterocycles. The molecule has 0 aromatic rings. The van der Waals surface area contributed by atoms with E-state index in [1.54, 1.807) is 0 Å². The molecule has 100 heavy (non-hydrogen) atoms. The average molecular weight is 1470 g/mol. The minimum absolute atomic E-state index is 0.104. The second-order valence-electron chi connectivity index (χ2n) is 30.1. The fraction of sp³-hybridized carbons (Fsp3) is 0.951. The maximum absolute atomic E-state index is 13.1. The van der Waals surface area contributed by atoms with Gasteiger partial charge >= 0.3 is 39.5 Å². The summed E-state index contributed by atoms with van der Waals surface area (Å²) >= 11 is 0. The number of phosphoric ester groups is 2. The lowest BCUT2D eigenvalue weighted by Gasteiger charge is -2.21. The van der Waals surface area contributed by atoms with Gasteiger partial charge in [0.2, 0.25) is 0 Å². The van der Waals surface area contributed by atoms with Crippen molar-refractivity contribution in [3.05, 3.63) is 0 Å². The number of ether oxygens (including phenoxy) is 4. The molecule has 3 N–H and O–H groups in total. The predicted molar refractivity (Wildman–Crippen MR) is 409 cm³/mol. The molecule has 4 unspecified atom stereocenters. The van der Waals surface area contributed by atoms with Crippen molar-refractivity contribution in [2.75, 3.05) is 39.6 Å². The van der Waals surface area contributed by atoms with E-state index in [2.05, 4.69) is 48.5 Å². The molecule has 0 aromatic carbocycles. The summed E-state index contributed by atoms with van der Waals surface area (Å²) in [5, 5.41) is 10.6. The summed E-state index contributed by atoms with van der Waals surface area (Å²) in [6.45, 7) is 11.9. The number of rotatable bonds is 79. The number of carbonyl (C=O) groups excluding carboxylic acids is 4. The Bertz CT molecular complexity index is 1940. The third-order valence-electron chi connectivity index (χ3n) is 19.6. The quantitative estimate of drug-likeness (QED) is 0.0222. The first-order valence-corrected chi connectivity index (χ1v) is 44.9. The Morgan fingerprint density at radius 2 is 0.510 bits per heavy atom. The zero-order chi connectivity index (χ0) is 73.7. The van der Waals surface area contributed by atoms with Gasteiger partial charge in [-0.15, -0.1) is 0 Å². The van der Waals surface area contributed by atoms with Gasteiger partial charge in [0.25, 0.3) is 0 Å². The zero-order valence-electron chi connectivity index (χ0n) is 65.7. The number of carbonyl (C=O) groups is 4. The number of unbranched alkanes of at least 4 members (excludes halogenated alkanes) is 45. The second-order valence-corrected chi connectivity index (χ2v) is 33.0. The number of hydrogen-bond acceptors (Lipinski definition) is 15. The Kier molecular flexibility index (Phi) is 69.9. The summed E-state index contributed by atoms with van der Waals surface area (Å²) in [5.74, 6) is 0.204. The van der Waals surface area contributed by atoms with Crippen molar-refractivity contribution < 1.29 is 80.2 Å². The average Bonchev–Trinajstić information content (AvgIpc) is 0.948. The van der Waals surface area contributed by atoms with Crippen molar-refractivity contribution in [3.63, 3.8) is 0 Å². The van der Waals surface area contributed by atoms with E-state index in [0.29, 0.717) is 31.6 Å². The fourth-order valence-electron chi connectivity index (χ4n) is 12.4. The second kappa shape index (κ2) is 71.3. The van der Waals surface area contributed by atoms with Crippen molar-refractivity contribution in [2.45, 2.75) is 439 Å². The van der Waals surface area contributed by atoms with Gasteiger partial charge in [-0.25, -0.2) is 9.13 Å². The number of esters is 4. The van der Waals surface area contributed by atoms with Gasteiger partial charge in [-0.05, 0) is 43.4 Å². The van der Waals surface area contributed by atoms with Crippen LogP contribution in [0.4, 0.5) is 0 Å². The topological polar surface area (TPSA) is 237 Å². The fourth-order valence-corrected chi connectivity index (χ4v) is 14.0. The zero-order valence-corrected chi connectivity index (χ0v) is 67.5. The van der Waals surface area contributed by atoms with Gasteiger partial charge in [-0.3, -0.25) is 37.3 Å². The third-order valence-corrected chi connectivity index (χ3v) is 21.5. The first-order valence-electron chi connectivity index (χ1n) is 41.9. The molecule has 594 valence electrons. The Hall–Kier alpha value is -1.94. The molecule has 0 rings (SSSR count). The minimum Gasteiger partial charge on any atom is -0.462 e. The molecule has 0 aliphatic carbocycles. The highest BCUT2D eigenvalue weighted by Crippen LogP contribution is 2.45. The predicted octanol–water partition coefficient (Wildman–Crippen LogP) is 24.1. The molecule has 0 aromatic heterocycles. The third kappa shape index (κ3) is 71.7. The molecule has 0 heterocycles. The van der Waals surface area contributed by atoms with E-state index in [-0.39, 0.29) is 25.7 Å². The molecular formula is C81H158O17P2. The van der Waals surface area contributed by atoms with E-state index in [0.717, 1.165) is 108 Å². The van der Waals surface area contributed by atoms with Gasteiger partial charge in [0.05, 0.1) is 26.4 Å². The monoisotopic (exact) mass is 1470 g/mol. The molecule has 0 spiro atoms. The van der Waals surface area contributed by atoms with Crippen LogP contribution in [-0.2, 0) is 65.4 Å². The van der Waals surface area contributed by atoms with Crippen molar-refractivity contribution in [2.24, 2.45) is 17.8 Å². The Morgan fingerprint density at radius 3 is 0.760 bits per heavy atom.